The van der Waals surface area contributed by atoms with Gasteiger partial charge in [-0.3, -0.25) is 9.48 Å². The van der Waals surface area contributed by atoms with Crippen LogP contribution in [-0.2, 0) is 21.9 Å². The van der Waals surface area contributed by atoms with Crippen LogP contribution in [0.25, 0.3) is 0 Å². The summed E-state index contributed by atoms with van der Waals surface area (Å²) in [5.74, 6) is -4.10. The van der Waals surface area contributed by atoms with Gasteiger partial charge in [0.1, 0.15) is 11.6 Å². The predicted octanol–water partition coefficient (Wildman–Crippen LogP) is 1.23. The molecule has 1 aromatic heterocycles. The first kappa shape index (κ1) is 19.3. The lowest BCUT2D eigenvalue weighted by Crippen LogP contribution is -2.49. The van der Waals surface area contributed by atoms with Crippen LogP contribution in [0.15, 0.2) is 29.4 Å². The zero-order valence-corrected chi connectivity index (χ0v) is 14.8. The molecule has 2 aromatic rings. The molecule has 1 heterocycles. The maximum Gasteiger partial charge on any atom is 0.282 e. The fourth-order valence-corrected chi connectivity index (χ4v) is 3.37. The molecule has 1 N–H and O–H groups in total. The van der Waals surface area contributed by atoms with Crippen LogP contribution >= 0.6 is 0 Å². The number of hydrogen-bond acceptors (Lipinski definition) is 6. The number of ether oxygens (including phenoxy) is 1. The highest BCUT2D eigenvalue weighted by Crippen LogP contribution is 2.26. The van der Waals surface area contributed by atoms with E-state index in [0.29, 0.717) is 0 Å². The van der Waals surface area contributed by atoms with E-state index in [9.17, 15) is 22.0 Å². The fraction of sp³-hybridized carbons (Fsp3) is 0.267. The Morgan fingerprint density at radius 1 is 1.35 bits per heavy atom. The van der Waals surface area contributed by atoms with Gasteiger partial charge in [-0.1, -0.05) is 6.07 Å². The van der Waals surface area contributed by atoms with Crippen LogP contribution in [0.3, 0.4) is 0 Å². The van der Waals surface area contributed by atoms with Gasteiger partial charge < -0.3 is 4.74 Å². The minimum Gasteiger partial charge on any atom is -0.472 e. The summed E-state index contributed by atoms with van der Waals surface area (Å²) in [6, 6.07) is 4.61. The summed E-state index contributed by atoms with van der Waals surface area (Å²) in [5, 5.41) is 12.1. The smallest absolute Gasteiger partial charge is 0.282 e. The average Bonchev–Trinajstić information content (AvgIpc) is 2.92. The standard InChI is InChI=1S/C15H14F2N4O4S/c1-15(2,25-12-10(16)5-4-6-11(12)17)14(22)20-26(23,24)13-9(7-18)8-19-21(13)3/h4-6,8H,1-3H3,(H,20,22). The second-order valence-corrected chi connectivity index (χ2v) is 7.29. The van der Waals surface area contributed by atoms with Crippen LogP contribution in [0.5, 0.6) is 5.75 Å². The van der Waals surface area contributed by atoms with E-state index in [1.54, 1.807) is 10.8 Å². The molecule has 26 heavy (non-hydrogen) atoms. The van der Waals surface area contributed by atoms with Gasteiger partial charge in [0.2, 0.25) is 0 Å². The highest BCUT2D eigenvalue weighted by atomic mass is 32.2. The number of sulfonamides is 1. The van der Waals surface area contributed by atoms with E-state index in [-0.39, 0.29) is 5.56 Å². The van der Waals surface area contributed by atoms with Crippen molar-refractivity contribution < 1.29 is 26.7 Å². The molecule has 0 radical (unpaired) electrons. The van der Waals surface area contributed by atoms with Crippen LogP contribution < -0.4 is 9.46 Å². The molecule has 2 rings (SSSR count). The number of aromatic nitrogens is 2. The highest BCUT2D eigenvalue weighted by Gasteiger charge is 2.36. The number of nitrogens with one attached hydrogen (secondary N) is 1. The summed E-state index contributed by atoms with van der Waals surface area (Å²) >= 11 is 0. The number of para-hydroxylation sites is 1. The normalized spacial score (nSPS) is 11.7. The van der Waals surface area contributed by atoms with E-state index in [1.807, 2.05) is 0 Å². The number of nitrogens with zero attached hydrogens (tertiary/aromatic N) is 3. The van der Waals surface area contributed by atoms with Crippen LogP contribution in [0.4, 0.5) is 8.78 Å². The summed E-state index contributed by atoms with van der Waals surface area (Å²) in [5.41, 5.74) is -2.21. The monoisotopic (exact) mass is 384 g/mol. The van der Waals surface area contributed by atoms with Crippen molar-refractivity contribution >= 4 is 15.9 Å². The molecule has 138 valence electrons. The Kier molecular flexibility index (Phi) is 4.99. The number of benzene rings is 1. The second kappa shape index (κ2) is 6.72. The number of aryl methyl sites for hydroxylation is 1. The Morgan fingerprint density at radius 3 is 2.46 bits per heavy atom. The van der Waals surface area contributed by atoms with Gasteiger partial charge in [0.15, 0.2) is 28.0 Å². The topological polar surface area (TPSA) is 114 Å². The third-order valence-electron chi connectivity index (χ3n) is 3.31. The summed E-state index contributed by atoms with van der Waals surface area (Å²) < 4.78 is 59.9. The molecule has 11 heteroatoms. The molecule has 0 spiro atoms. The van der Waals surface area contributed by atoms with E-state index in [2.05, 4.69) is 5.10 Å². The van der Waals surface area contributed by atoms with Gasteiger partial charge in [0.05, 0.1) is 6.20 Å². The number of nitriles is 1. The quantitative estimate of drug-likeness (QED) is 0.829. The largest absolute Gasteiger partial charge is 0.472 e. The molecule has 0 saturated carbocycles. The Labute approximate surface area is 148 Å². The first-order valence-corrected chi connectivity index (χ1v) is 8.60. The van der Waals surface area contributed by atoms with Crippen LogP contribution in [0.1, 0.15) is 19.4 Å². The number of carbonyl (C=O) groups excluding carboxylic acids is 1. The number of rotatable bonds is 5. The van der Waals surface area contributed by atoms with Gasteiger partial charge in [-0.15, -0.1) is 0 Å². The number of carbonyl (C=O) groups is 1. The summed E-state index contributed by atoms with van der Waals surface area (Å²) in [4.78, 5) is 12.3. The zero-order valence-electron chi connectivity index (χ0n) is 13.9. The highest BCUT2D eigenvalue weighted by molar-refractivity contribution is 7.90. The minimum atomic E-state index is -4.47. The van der Waals surface area contributed by atoms with Crippen molar-refractivity contribution in [2.75, 3.05) is 0 Å². The molecular weight excluding hydrogens is 370 g/mol. The number of hydrogen-bond donors (Lipinski definition) is 1. The molecule has 0 unspecified atom stereocenters. The Hall–Kier alpha value is -3.00. The van der Waals surface area contributed by atoms with Gasteiger partial charge in [-0.05, 0) is 26.0 Å². The first-order chi connectivity index (χ1) is 12.0. The molecule has 0 saturated heterocycles. The van der Waals surface area contributed by atoms with Gasteiger partial charge in [-0.25, -0.2) is 13.5 Å². The average molecular weight is 384 g/mol. The molecule has 0 aliphatic heterocycles. The maximum atomic E-state index is 13.7. The van der Waals surface area contributed by atoms with Crippen LogP contribution in [0, 0.1) is 23.0 Å². The van der Waals surface area contributed by atoms with Crippen molar-refractivity contribution in [2.24, 2.45) is 7.05 Å². The van der Waals surface area contributed by atoms with Crippen molar-refractivity contribution in [3.8, 4) is 11.8 Å². The van der Waals surface area contributed by atoms with E-state index >= 15 is 0 Å². The van der Waals surface area contributed by atoms with Crippen molar-refractivity contribution in [2.45, 2.75) is 24.5 Å². The first-order valence-electron chi connectivity index (χ1n) is 7.12. The lowest BCUT2D eigenvalue weighted by atomic mass is 10.1. The SMILES string of the molecule is Cn1ncc(C#N)c1S(=O)(=O)NC(=O)C(C)(C)Oc1c(F)cccc1F. The summed E-state index contributed by atoms with van der Waals surface area (Å²) in [6.45, 7) is 2.27. The second-order valence-electron chi connectivity index (χ2n) is 5.70. The lowest BCUT2D eigenvalue weighted by molar-refractivity contribution is -0.132. The molecule has 0 fully saturated rings. The van der Waals surface area contributed by atoms with Crippen molar-refractivity contribution in [1.82, 2.24) is 14.5 Å². The van der Waals surface area contributed by atoms with E-state index in [4.69, 9.17) is 10.00 Å². The van der Waals surface area contributed by atoms with Gasteiger partial charge in [-0.2, -0.15) is 18.8 Å². The van der Waals surface area contributed by atoms with Crippen molar-refractivity contribution in [3.63, 3.8) is 0 Å². The van der Waals surface area contributed by atoms with Crippen molar-refractivity contribution in [1.29, 1.82) is 5.26 Å². The predicted molar refractivity (Wildman–Crippen MR) is 84.3 cm³/mol. The molecule has 1 amide bonds. The summed E-state index contributed by atoms with van der Waals surface area (Å²) in [6.07, 6.45) is 1.02. The van der Waals surface area contributed by atoms with Gasteiger partial charge in [0, 0.05) is 7.05 Å². The molecule has 0 aliphatic carbocycles. The van der Waals surface area contributed by atoms with E-state index in [0.717, 1.165) is 42.9 Å². The third kappa shape index (κ3) is 3.65. The molecule has 1 aromatic carbocycles. The molecule has 0 atom stereocenters. The van der Waals surface area contributed by atoms with E-state index in [1.165, 1.54) is 7.05 Å². The minimum absolute atomic E-state index is 0.272. The fourth-order valence-electron chi connectivity index (χ4n) is 2.00. The molecule has 0 aliphatic rings. The van der Waals surface area contributed by atoms with Crippen molar-refractivity contribution in [3.05, 3.63) is 41.6 Å². The molecular formula is C15H14F2N4O4S. The molecule has 0 bridgehead atoms. The van der Waals surface area contributed by atoms with Crippen LogP contribution in [0.2, 0.25) is 0 Å². The zero-order chi connectivity index (χ0) is 19.7. The third-order valence-corrected chi connectivity index (χ3v) is 4.76. The Balaban J connectivity index is 2.31. The molecule has 8 nitrogen and oxygen atoms in total. The number of amides is 1. The Morgan fingerprint density at radius 2 is 1.92 bits per heavy atom. The van der Waals surface area contributed by atoms with Gasteiger partial charge in [0.25, 0.3) is 15.9 Å². The summed E-state index contributed by atoms with van der Waals surface area (Å²) in [7, 11) is -3.20. The maximum absolute atomic E-state index is 13.7. The Bertz CT molecular complexity index is 989. The van der Waals surface area contributed by atoms with Gasteiger partial charge >= 0.3 is 0 Å². The van der Waals surface area contributed by atoms with Crippen LogP contribution in [-0.4, -0.2) is 29.7 Å². The number of halogens is 2. The lowest BCUT2D eigenvalue weighted by Gasteiger charge is -2.25. The van der Waals surface area contributed by atoms with E-state index < -0.39 is 43.9 Å².